The summed E-state index contributed by atoms with van der Waals surface area (Å²) in [5.41, 5.74) is 2.32. The highest BCUT2D eigenvalue weighted by atomic mass is 16.5. The molecule has 3 aromatic rings. The molecule has 3 aromatic carbocycles. The number of rotatable bonds is 6. The van der Waals surface area contributed by atoms with Crippen molar-refractivity contribution in [2.45, 2.75) is 6.92 Å². The lowest BCUT2D eigenvalue weighted by atomic mass is 10.0. The van der Waals surface area contributed by atoms with Crippen LogP contribution in [0.1, 0.15) is 12.5 Å². The zero-order valence-corrected chi connectivity index (χ0v) is 16.3. The lowest BCUT2D eigenvalue weighted by molar-refractivity contribution is -0.112. The number of methoxy groups -OCH3 is 1. The minimum atomic E-state index is -0.438. The number of ether oxygens (including phenoxy) is 1. The number of anilines is 1. The molecular formula is C24H22N2O3. The number of carbonyl (C=O) groups excluding carboxylic acids is 1. The van der Waals surface area contributed by atoms with Crippen LogP contribution in [-0.4, -0.2) is 23.8 Å². The Morgan fingerprint density at radius 3 is 2.07 bits per heavy atom. The zero-order valence-electron chi connectivity index (χ0n) is 16.3. The van der Waals surface area contributed by atoms with Gasteiger partial charge in [-0.15, -0.1) is 0 Å². The van der Waals surface area contributed by atoms with Gasteiger partial charge in [0.2, 0.25) is 0 Å². The van der Waals surface area contributed by atoms with Crippen molar-refractivity contribution in [1.82, 2.24) is 0 Å². The smallest absolute Gasteiger partial charge is 0.261 e. The van der Waals surface area contributed by atoms with E-state index in [0.717, 1.165) is 0 Å². The molecule has 3 rings (SSSR count). The molecule has 0 aromatic heterocycles. The summed E-state index contributed by atoms with van der Waals surface area (Å²) in [7, 11) is 1.59. The van der Waals surface area contributed by atoms with Crippen molar-refractivity contribution in [2.75, 3.05) is 12.4 Å². The first kappa shape index (κ1) is 19.9. The molecular weight excluding hydrogens is 364 g/mol. The van der Waals surface area contributed by atoms with Crippen LogP contribution in [0.15, 0.2) is 95.5 Å². The first-order valence-electron chi connectivity index (χ1n) is 9.13. The fourth-order valence-electron chi connectivity index (χ4n) is 2.80. The Morgan fingerprint density at radius 1 is 0.897 bits per heavy atom. The monoisotopic (exact) mass is 386 g/mol. The van der Waals surface area contributed by atoms with Crippen molar-refractivity contribution < 1.29 is 14.6 Å². The lowest BCUT2D eigenvalue weighted by Gasteiger charge is -2.12. The van der Waals surface area contributed by atoms with E-state index < -0.39 is 5.91 Å². The number of hydrogen-bond acceptors (Lipinski definition) is 4. The molecule has 0 aliphatic rings. The van der Waals surface area contributed by atoms with Crippen molar-refractivity contribution in [3.8, 4) is 5.75 Å². The van der Waals surface area contributed by atoms with E-state index >= 15 is 0 Å². The fourth-order valence-corrected chi connectivity index (χ4v) is 2.80. The van der Waals surface area contributed by atoms with E-state index in [1.165, 1.54) is 0 Å². The Kier molecular flexibility index (Phi) is 6.43. The van der Waals surface area contributed by atoms with Gasteiger partial charge in [0.15, 0.2) is 0 Å². The molecule has 146 valence electrons. The highest BCUT2D eigenvalue weighted by Gasteiger charge is 2.20. The van der Waals surface area contributed by atoms with Crippen molar-refractivity contribution in [1.29, 1.82) is 0 Å². The number of aliphatic imine (C=N–C) groups is 1. The number of para-hydroxylation sites is 1. The third kappa shape index (κ3) is 5.11. The Bertz CT molecular complexity index is 1020. The van der Waals surface area contributed by atoms with Gasteiger partial charge < -0.3 is 15.2 Å². The lowest BCUT2D eigenvalue weighted by Crippen LogP contribution is -2.21. The fraction of sp³-hybridized carbons (Fsp3) is 0.0833. The SMILES string of the molecule is COc1ccc(N=C(C)/C(C(=O)Nc2ccccc2)=C(\O)c2ccccc2)cc1. The number of carbonyl (C=O) groups is 1. The van der Waals surface area contributed by atoms with Gasteiger partial charge in [0.25, 0.3) is 5.91 Å². The molecule has 0 heterocycles. The van der Waals surface area contributed by atoms with E-state index in [1.807, 2.05) is 24.3 Å². The van der Waals surface area contributed by atoms with Crippen molar-refractivity contribution in [3.05, 3.63) is 96.1 Å². The van der Waals surface area contributed by atoms with E-state index in [4.69, 9.17) is 4.74 Å². The van der Waals surface area contributed by atoms with Gasteiger partial charge >= 0.3 is 0 Å². The van der Waals surface area contributed by atoms with E-state index in [0.29, 0.717) is 28.4 Å². The van der Waals surface area contributed by atoms with Crippen LogP contribution in [0.4, 0.5) is 11.4 Å². The summed E-state index contributed by atoms with van der Waals surface area (Å²) in [6, 6.07) is 25.2. The maximum atomic E-state index is 13.0. The van der Waals surface area contributed by atoms with E-state index in [1.54, 1.807) is 74.7 Å². The summed E-state index contributed by atoms with van der Waals surface area (Å²) in [6.45, 7) is 1.70. The van der Waals surface area contributed by atoms with Gasteiger partial charge in [-0.05, 0) is 43.3 Å². The number of nitrogens with zero attached hydrogens (tertiary/aromatic N) is 1. The van der Waals surface area contributed by atoms with Crippen LogP contribution in [0, 0.1) is 0 Å². The number of amides is 1. The molecule has 0 aliphatic heterocycles. The average molecular weight is 386 g/mol. The Morgan fingerprint density at radius 2 is 1.48 bits per heavy atom. The van der Waals surface area contributed by atoms with Gasteiger partial charge in [-0.1, -0.05) is 48.5 Å². The highest BCUT2D eigenvalue weighted by Crippen LogP contribution is 2.23. The third-order valence-electron chi connectivity index (χ3n) is 4.27. The summed E-state index contributed by atoms with van der Waals surface area (Å²) < 4.78 is 5.16. The molecule has 0 unspecified atom stereocenters. The van der Waals surface area contributed by atoms with E-state index in [2.05, 4.69) is 10.3 Å². The largest absolute Gasteiger partial charge is 0.506 e. The van der Waals surface area contributed by atoms with Crippen LogP contribution in [0.25, 0.3) is 5.76 Å². The van der Waals surface area contributed by atoms with Crippen molar-refractivity contribution >= 4 is 28.8 Å². The minimum Gasteiger partial charge on any atom is -0.506 e. The number of benzene rings is 3. The molecule has 5 heteroatoms. The Balaban J connectivity index is 2.01. The molecule has 0 aliphatic carbocycles. The van der Waals surface area contributed by atoms with Crippen molar-refractivity contribution in [3.63, 3.8) is 0 Å². The minimum absolute atomic E-state index is 0.107. The van der Waals surface area contributed by atoms with Gasteiger partial charge in [0.1, 0.15) is 17.1 Å². The highest BCUT2D eigenvalue weighted by molar-refractivity contribution is 6.28. The number of aliphatic hydroxyl groups is 1. The second-order valence-electron chi connectivity index (χ2n) is 6.31. The van der Waals surface area contributed by atoms with Crippen LogP contribution >= 0.6 is 0 Å². The predicted octanol–water partition coefficient (Wildman–Crippen LogP) is 5.40. The van der Waals surface area contributed by atoms with Crippen LogP contribution < -0.4 is 10.1 Å². The second kappa shape index (κ2) is 9.37. The average Bonchev–Trinajstić information content (AvgIpc) is 2.75. The second-order valence-corrected chi connectivity index (χ2v) is 6.31. The predicted molar refractivity (Wildman–Crippen MR) is 117 cm³/mol. The number of hydrogen-bond donors (Lipinski definition) is 2. The number of aliphatic hydroxyl groups excluding tert-OH is 1. The van der Waals surface area contributed by atoms with Gasteiger partial charge in [0.05, 0.1) is 18.5 Å². The van der Waals surface area contributed by atoms with Gasteiger partial charge in [-0.25, -0.2) is 0 Å². The summed E-state index contributed by atoms with van der Waals surface area (Å²) >= 11 is 0. The van der Waals surface area contributed by atoms with Crippen LogP contribution in [-0.2, 0) is 4.79 Å². The first-order valence-corrected chi connectivity index (χ1v) is 9.13. The third-order valence-corrected chi connectivity index (χ3v) is 4.27. The molecule has 0 saturated heterocycles. The molecule has 0 atom stereocenters. The van der Waals surface area contributed by atoms with Crippen molar-refractivity contribution in [2.24, 2.45) is 4.99 Å². The summed E-state index contributed by atoms with van der Waals surface area (Å²) in [5, 5.41) is 13.7. The summed E-state index contributed by atoms with van der Waals surface area (Å²) in [4.78, 5) is 17.6. The molecule has 2 N–H and O–H groups in total. The molecule has 0 bridgehead atoms. The van der Waals surface area contributed by atoms with E-state index in [-0.39, 0.29) is 11.3 Å². The number of nitrogens with one attached hydrogen (secondary N) is 1. The molecule has 0 saturated carbocycles. The molecule has 0 spiro atoms. The standard InChI is InChI=1S/C24H22N2O3/c1-17(25-20-13-15-21(29-2)16-14-20)22(23(27)18-9-5-3-6-10-18)24(28)26-19-11-7-4-8-12-19/h3-16,27H,1-2H3,(H,26,28)/b23-22+,25-17?. The molecule has 0 radical (unpaired) electrons. The normalized spacial score (nSPS) is 12.1. The molecule has 5 nitrogen and oxygen atoms in total. The maximum absolute atomic E-state index is 13.0. The zero-order chi connectivity index (χ0) is 20.6. The molecule has 1 amide bonds. The van der Waals surface area contributed by atoms with Gasteiger partial charge in [-0.2, -0.15) is 0 Å². The van der Waals surface area contributed by atoms with Crippen LogP contribution in [0.5, 0.6) is 5.75 Å². The van der Waals surface area contributed by atoms with Gasteiger partial charge in [0, 0.05) is 11.3 Å². The summed E-state index contributed by atoms with van der Waals surface area (Å²) in [6.07, 6.45) is 0. The Hall–Kier alpha value is -3.86. The Labute approximate surface area is 170 Å². The van der Waals surface area contributed by atoms with Crippen LogP contribution in [0.2, 0.25) is 0 Å². The quantitative estimate of drug-likeness (QED) is 0.339. The van der Waals surface area contributed by atoms with E-state index in [9.17, 15) is 9.90 Å². The molecule has 0 fully saturated rings. The van der Waals surface area contributed by atoms with Gasteiger partial charge in [-0.3, -0.25) is 9.79 Å². The first-order chi connectivity index (χ1) is 14.1. The topological polar surface area (TPSA) is 70.9 Å². The molecule has 29 heavy (non-hydrogen) atoms. The van der Waals surface area contributed by atoms with Crippen LogP contribution in [0.3, 0.4) is 0 Å². The maximum Gasteiger partial charge on any atom is 0.261 e. The summed E-state index contributed by atoms with van der Waals surface area (Å²) in [5.74, 6) is 0.146.